The normalized spacial score (nSPS) is 10.2. The molecular weight excluding hydrogens is 215 g/mol. The summed E-state index contributed by atoms with van der Waals surface area (Å²) in [5.74, 6) is -0.293. The smallest absolute Gasteiger partial charge is 0.150 e. The van der Waals surface area contributed by atoms with E-state index in [2.05, 4.69) is 0 Å². The van der Waals surface area contributed by atoms with Gasteiger partial charge in [0.1, 0.15) is 12.1 Å². The molecule has 2 aromatic carbocycles. The average Bonchev–Trinajstić information content (AvgIpc) is 2.38. The van der Waals surface area contributed by atoms with Crippen LogP contribution in [0, 0.1) is 5.82 Å². The van der Waals surface area contributed by atoms with Crippen molar-refractivity contribution >= 4 is 6.29 Å². The van der Waals surface area contributed by atoms with Gasteiger partial charge in [-0.15, -0.1) is 0 Å². The van der Waals surface area contributed by atoms with Crippen molar-refractivity contribution in [3.05, 3.63) is 71.0 Å². The number of aldehydes is 1. The number of hydrogen-bond donors (Lipinski definition) is 0. The third-order valence-electron chi connectivity index (χ3n) is 2.76. The molecule has 0 aliphatic heterocycles. The van der Waals surface area contributed by atoms with Crippen LogP contribution in [0.5, 0.6) is 0 Å². The average molecular weight is 228 g/mol. The van der Waals surface area contributed by atoms with Crippen molar-refractivity contribution in [3.63, 3.8) is 0 Å². The standard InChI is InChI=1S/C15H13FO/c16-15-9-8-14(11-17)13(10-15)7-6-12-4-2-1-3-5-12/h1-5,8-11H,6-7H2. The first-order chi connectivity index (χ1) is 8.29. The molecule has 0 fully saturated rings. The summed E-state index contributed by atoms with van der Waals surface area (Å²) in [4.78, 5) is 10.8. The molecule has 0 amide bonds. The highest BCUT2D eigenvalue weighted by Crippen LogP contribution is 2.13. The molecule has 0 radical (unpaired) electrons. The van der Waals surface area contributed by atoms with Crippen molar-refractivity contribution in [2.75, 3.05) is 0 Å². The number of benzene rings is 2. The van der Waals surface area contributed by atoms with Crippen LogP contribution in [0.1, 0.15) is 21.5 Å². The lowest BCUT2D eigenvalue weighted by molar-refractivity contribution is 0.112. The second-order valence-corrected chi connectivity index (χ2v) is 3.95. The highest BCUT2D eigenvalue weighted by atomic mass is 19.1. The van der Waals surface area contributed by atoms with Crippen molar-refractivity contribution < 1.29 is 9.18 Å². The van der Waals surface area contributed by atoms with Gasteiger partial charge in [-0.3, -0.25) is 4.79 Å². The van der Waals surface area contributed by atoms with E-state index in [-0.39, 0.29) is 5.82 Å². The Morgan fingerprint density at radius 3 is 2.47 bits per heavy atom. The van der Waals surface area contributed by atoms with E-state index < -0.39 is 0 Å². The summed E-state index contributed by atoms with van der Waals surface area (Å²) in [6, 6.07) is 14.2. The van der Waals surface area contributed by atoms with E-state index in [0.717, 1.165) is 18.3 Å². The molecule has 0 spiro atoms. The third kappa shape index (κ3) is 3.00. The topological polar surface area (TPSA) is 17.1 Å². The molecule has 0 aromatic heterocycles. The maximum atomic E-state index is 13.1. The van der Waals surface area contributed by atoms with Gasteiger partial charge >= 0.3 is 0 Å². The third-order valence-corrected chi connectivity index (χ3v) is 2.76. The summed E-state index contributed by atoms with van der Waals surface area (Å²) in [7, 11) is 0. The largest absolute Gasteiger partial charge is 0.298 e. The molecule has 2 heteroatoms. The van der Waals surface area contributed by atoms with Gasteiger partial charge < -0.3 is 0 Å². The number of hydrogen-bond acceptors (Lipinski definition) is 1. The summed E-state index contributed by atoms with van der Waals surface area (Å²) in [5.41, 5.74) is 2.53. The molecule has 0 aliphatic carbocycles. The van der Waals surface area contributed by atoms with E-state index in [1.807, 2.05) is 30.3 Å². The quantitative estimate of drug-likeness (QED) is 0.733. The second-order valence-electron chi connectivity index (χ2n) is 3.95. The maximum absolute atomic E-state index is 13.1. The summed E-state index contributed by atoms with van der Waals surface area (Å²) in [5, 5.41) is 0. The lowest BCUT2D eigenvalue weighted by Crippen LogP contribution is -1.97. The monoisotopic (exact) mass is 228 g/mol. The molecular formula is C15H13FO. The number of carbonyl (C=O) groups excluding carboxylic acids is 1. The minimum Gasteiger partial charge on any atom is -0.298 e. The Morgan fingerprint density at radius 1 is 1.00 bits per heavy atom. The zero-order valence-electron chi connectivity index (χ0n) is 9.40. The Hall–Kier alpha value is -1.96. The summed E-state index contributed by atoms with van der Waals surface area (Å²) < 4.78 is 13.1. The molecule has 17 heavy (non-hydrogen) atoms. The van der Waals surface area contributed by atoms with Crippen LogP contribution in [0.4, 0.5) is 4.39 Å². The fourth-order valence-electron chi connectivity index (χ4n) is 1.83. The molecule has 0 atom stereocenters. The molecule has 86 valence electrons. The lowest BCUT2D eigenvalue weighted by Gasteiger charge is -2.05. The molecule has 0 saturated heterocycles. The summed E-state index contributed by atoms with van der Waals surface area (Å²) in [6.45, 7) is 0. The minimum atomic E-state index is -0.293. The minimum absolute atomic E-state index is 0.293. The highest BCUT2D eigenvalue weighted by molar-refractivity contribution is 5.77. The van der Waals surface area contributed by atoms with Gasteiger partial charge in [0, 0.05) is 5.56 Å². The van der Waals surface area contributed by atoms with Crippen molar-refractivity contribution in [1.29, 1.82) is 0 Å². The van der Waals surface area contributed by atoms with E-state index in [1.54, 1.807) is 0 Å². The zero-order valence-corrected chi connectivity index (χ0v) is 9.40. The first kappa shape index (κ1) is 11.5. The number of aryl methyl sites for hydroxylation is 2. The molecule has 0 unspecified atom stereocenters. The molecule has 0 aliphatic rings. The first-order valence-electron chi connectivity index (χ1n) is 5.57. The van der Waals surface area contributed by atoms with E-state index in [1.165, 1.54) is 23.8 Å². The maximum Gasteiger partial charge on any atom is 0.150 e. The van der Waals surface area contributed by atoms with E-state index in [0.29, 0.717) is 12.0 Å². The number of rotatable bonds is 4. The van der Waals surface area contributed by atoms with Gasteiger partial charge in [-0.05, 0) is 42.2 Å². The molecule has 1 nitrogen and oxygen atoms in total. The Labute approximate surface area is 99.9 Å². The van der Waals surface area contributed by atoms with Crippen LogP contribution in [0.15, 0.2) is 48.5 Å². The van der Waals surface area contributed by atoms with Gasteiger partial charge in [-0.25, -0.2) is 4.39 Å². The summed E-state index contributed by atoms with van der Waals surface area (Å²) >= 11 is 0. The highest BCUT2D eigenvalue weighted by Gasteiger charge is 2.03. The van der Waals surface area contributed by atoms with Gasteiger partial charge in [0.2, 0.25) is 0 Å². The van der Waals surface area contributed by atoms with Gasteiger partial charge in [-0.1, -0.05) is 30.3 Å². The fourth-order valence-corrected chi connectivity index (χ4v) is 1.83. The van der Waals surface area contributed by atoms with Gasteiger partial charge in [0.05, 0.1) is 0 Å². The van der Waals surface area contributed by atoms with Crippen LogP contribution < -0.4 is 0 Å². The SMILES string of the molecule is O=Cc1ccc(F)cc1CCc1ccccc1. The number of halogens is 1. The Balaban J connectivity index is 2.13. The van der Waals surface area contributed by atoms with Crippen LogP contribution >= 0.6 is 0 Å². The fraction of sp³-hybridized carbons (Fsp3) is 0.133. The second kappa shape index (κ2) is 5.39. The molecule has 0 saturated carbocycles. The van der Waals surface area contributed by atoms with Crippen molar-refractivity contribution in [2.24, 2.45) is 0 Å². The first-order valence-corrected chi connectivity index (χ1v) is 5.57. The van der Waals surface area contributed by atoms with Gasteiger partial charge in [-0.2, -0.15) is 0 Å². The lowest BCUT2D eigenvalue weighted by atomic mass is 10.0. The van der Waals surface area contributed by atoms with Crippen LogP contribution in [0.25, 0.3) is 0 Å². The Kier molecular flexibility index (Phi) is 3.66. The van der Waals surface area contributed by atoms with E-state index in [9.17, 15) is 9.18 Å². The van der Waals surface area contributed by atoms with Crippen LogP contribution in [0.2, 0.25) is 0 Å². The van der Waals surface area contributed by atoms with Gasteiger partial charge in [0.25, 0.3) is 0 Å². The number of carbonyl (C=O) groups is 1. The predicted molar refractivity (Wildman–Crippen MR) is 65.6 cm³/mol. The van der Waals surface area contributed by atoms with Crippen LogP contribution in [-0.2, 0) is 12.8 Å². The molecule has 0 heterocycles. The Bertz CT molecular complexity index is 506. The predicted octanol–water partition coefficient (Wildman–Crippen LogP) is 3.42. The molecule has 0 bridgehead atoms. The van der Waals surface area contributed by atoms with E-state index in [4.69, 9.17) is 0 Å². The van der Waals surface area contributed by atoms with E-state index >= 15 is 0 Å². The van der Waals surface area contributed by atoms with Crippen molar-refractivity contribution in [2.45, 2.75) is 12.8 Å². The summed E-state index contributed by atoms with van der Waals surface area (Å²) in [6.07, 6.45) is 2.26. The van der Waals surface area contributed by atoms with Crippen LogP contribution in [-0.4, -0.2) is 6.29 Å². The van der Waals surface area contributed by atoms with Gasteiger partial charge in [0.15, 0.2) is 0 Å². The van der Waals surface area contributed by atoms with Crippen LogP contribution in [0.3, 0.4) is 0 Å². The molecule has 0 N–H and O–H groups in total. The van der Waals surface area contributed by atoms with Crippen molar-refractivity contribution in [3.8, 4) is 0 Å². The zero-order chi connectivity index (χ0) is 12.1. The molecule has 2 rings (SSSR count). The Morgan fingerprint density at radius 2 is 1.76 bits per heavy atom. The van der Waals surface area contributed by atoms with Crippen molar-refractivity contribution in [1.82, 2.24) is 0 Å². The molecule has 2 aromatic rings.